The van der Waals surface area contributed by atoms with Crippen LogP contribution in [0.25, 0.3) is 5.76 Å². The second kappa shape index (κ2) is 11.0. The van der Waals surface area contributed by atoms with Gasteiger partial charge in [0.2, 0.25) is 5.13 Å². The molecule has 1 unspecified atom stereocenters. The van der Waals surface area contributed by atoms with E-state index in [0.29, 0.717) is 26.2 Å². The Morgan fingerprint density at radius 2 is 1.84 bits per heavy atom. The van der Waals surface area contributed by atoms with Crippen LogP contribution in [0.15, 0.2) is 81.1 Å². The molecule has 1 amide bonds. The zero-order chi connectivity index (χ0) is 27.0. The number of aliphatic hydroxyl groups excluding tert-OH is 1. The Bertz CT molecular complexity index is 1590. The number of thioether (sulfide) groups is 1. The lowest BCUT2D eigenvalue weighted by atomic mass is 9.93. The molecule has 2 heterocycles. The number of aliphatic hydroxyl groups is 1. The molecule has 1 aliphatic heterocycles. The zero-order valence-electron chi connectivity index (χ0n) is 20.3. The Kier molecular flexibility index (Phi) is 7.72. The third-order valence-corrected chi connectivity index (χ3v) is 9.01. The number of anilines is 1. The maximum Gasteiger partial charge on any atom is 0.301 e. The summed E-state index contributed by atoms with van der Waals surface area (Å²) in [6, 6.07) is 19.6. The first-order chi connectivity index (χ1) is 18.2. The molecule has 38 heavy (non-hydrogen) atoms. The first kappa shape index (κ1) is 26.6. The topological polar surface area (TPSA) is 83.4 Å². The van der Waals surface area contributed by atoms with Gasteiger partial charge in [-0.25, -0.2) is 0 Å². The van der Waals surface area contributed by atoms with E-state index in [1.807, 2.05) is 80.6 Å². The van der Waals surface area contributed by atoms with Crippen LogP contribution in [0.4, 0.5) is 5.13 Å². The number of ketones is 1. The van der Waals surface area contributed by atoms with Crippen LogP contribution in [0, 0.1) is 13.8 Å². The second-order valence-electron chi connectivity index (χ2n) is 8.81. The van der Waals surface area contributed by atoms with Crippen molar-refractivity contribution in [1.29, 1.82) is 0 Å². The van der Waals surface area contributed by atoms with Crippen molar-refractivity contribution >= 4 is 73.2 Å². The third-order valence-electron chi connectivity index (χ3n) is 6.13. The summed E-state index contributed by atoms with van der Waals surface area (Å²) in [6.07, 6.45) is 0. The van der Waals surface area contributed by atoms with E-state index in [0.717, 1.165) is 21.2 Å². The lowest BCUT2D eigenvalue weighted by molar-refractivity contribution is -0.132. The molecule has 10 heteroatoms. The Balaban J connectivity index is 1.56. The number of aromatic nitrogens is 2. The number of halogens is 2. The highest BCUT2D eigenvalue weighted by atomic mass is 79.9. The fraction of sp³-hybridized carbons (Fsp3) is 0.143. The molecule has 1 aromatic heterocycles. The van der Waals surface area contributed by atoms with Crippen LogP contribution in [-0.4, -0.2) is 27.0 Å². The van der Waals surface area contributed by atoms with Gasteiger partial charge in [-0.05, 0) is 60.9 Å². The van der Waals surface area contributed by atoms with Crippen molar-refractivity contribution in [2.24, 2.45) is 0 Å². The van der Waals surface area contributed by atoms with Gasteiger partial charge in [-0.15, -0.1) is 10.2 Å². The van der Waals surface area contributed by atoms with Crippen LogP contribution < -0.4 is 4.90 Å². The fourth-order valence-corrected chi connectivity index (χ4v) is 6.61. The monoisotopic (exact) mass is 625 g/mol. The molecule has 1 N–H and O–H groups in total. The van der Waals surface area contributed by atoms with Gasteiger partial charge in [0.25, 0.3) is 5.78 Å². The van der Waals surface area contributed by atoms with Crippen LogP contribution >= 0.6 is 50.6 Å². The quantitative estimate of drug-likeness (QED) is 0.0785. The first-order valence-electron chi connectivity index (χ1n) is 11.6. The van der Waals surface area contributed by atoms with Gasteiger partial charge in [-0.1, -0.05) is 92.6 Å². The highest BCUT2D eigenvalue weighted by Crippen LogP contribution is 2.44. The third kappa shape index (κ3) is 5.29. The molecule has 0 radical (unpaired) electrons. The van der Waals surface area contributed by atoms with Gasteiger partial charge >= 0.3 is 5.91 Å². The molecule has 192 valence electrons. The molecule has 4 aromatic rings. The van der Waals surface area contributed by atoms with Gasteiger partial charge in [0.1, 0.15) is 5.76 Å². The number of amides is 1. The molecule has 5 rings (SSSR count). The summed E-state index contributed by atoms with van der Waals surface area (Å²) < 4.78 is 1.43. The van der Waals surface area contributed by atoms with Crippen molar-refractivity contribution in [3.8, 4) is 0 Å². The average Bonchev–Trinajstić information content (AvgIpc) is 3.47. The zero-order valence-corrected chi connectivity index (χ0v) is 24.3. The van der Waals surface area contributed by atoms with E-state index in [2.05, 4.69) is 26.1 Å². The van der Waals surface area contributed by atoms with Gasteiger partial charge in [-0.3, -0.25) is 14.5 Å². The van der Waals surface area contributed by atoms with Crippen LogP contribution in [0.3, 0.4) is 0 Å². The highest BCUT2D eigenvalue weighted by Gasteiger charge is 2.48. The predicted molar refractivity (Wildman–Crippen MR) is 156 cm³/mol. The molecule has 3 aromatic carbocycles. The van der Waals surface area contributed by atoms with Gasteiger partial charge in [0.15, 0.2) is 4.34 Å². The summed E-state index contributed by atoms with van der Waals surface area (Å²) in [7, 11) is 0. The minimum absolute atomic E-state index is 0.0207. The maximum atomic E-state index is 13.4. The first-order valence-corrected chi connectivity index (χ1v) is 14.5. The maximum absolute atomic E-state index is 13.4. The molecule has 1 aliphatic rings. The van der Waals surface area contributed by atoms with Crippen molar-refractivity contribution < 1.29 is 14.7 Å². The Labute approximate surface area is 241 Å². The number of carbonyl (C=O) groups is 2. The lowest BCUT2D eigenvalue weighted by Gasteiger charge is -2.23. The van der Waals surface area contributed by atoms with Crippen molar-refractivity contribution in [1.82, 2.24) is 10.2 Å². The Morgan fingerprint density at radius 3 is 2.58 bits per heavy atom. The lowest BCUT2D eigenvalue weighted by Crippen LogP contribution is -2.29. The molecule has 0 saturated carbocycles. The van der Waals surface area contributed by atoms with Crippen LogP contribution in [0.1, 0.15) is 33.9 Å². The summed E-state index contributed by atoms with van der Waals surface area (Å²) in [5.74, 6) is -1.09. The standard InChI is InChI=1S/C28H21BrClN3O3S2/c1-15-6-7-16(2)21(12-15)24(34)22-23(18-4-3-5-19(29)13-18)33(26(36)25(22)35)27-31-32-28(38-27)37-14-17-8-10-20(30)11-9-17/h3-13,23,34H,14H2,1-2H3/b24-22+. The fourth-order valence-electron chi connectivity index (χ4n) is 4.24. The van der Waals surface area contributed by atoms with Crippen molar-refractivity contribution in [2.75, 3.05) is 4.90 Å². The predicted octanol–water partition coefficient (Wildman–Crippen LogP) is 7.49. The van der Waals surface area contributed by atoms with Gasteiger partial charge in [0.05, 0.1) is 11.6 Å². The molecule has 6 nitrogen and oxygen atoms in total. The Morgan fingerprint density at radius 1 is 1.08 bits per heavy atom. The van der Waals surface area contributed by atoms with E-state index in [4.69, 9.17) is 11.6 Å². The summed E-state index contributed by atoms with van der Waals surface area (Å²) >= 11 is 12.2. The van der Waals surface area contributed by atoms with E-state index in [9.17, 15) is 14.7 Å². The van der Waals surface area contributed by atoms with E-state index in [1.165, 1.54) is 28.0 Å². The second-order valence-corrected chi connectivity index (χ2v) is 12.3. The number of hydrogen-bond donors (Lipinski definition) is 1. The number of Topliss-reactive ketones (excluding diaryl/α,β-unsaturated/α-hetero) is 1. The summed E-state index contributed by atoms with van der Waals surface area (Å²) in [4.78, 5) is 28.2. The van der Waals surface area contributed by atoms with E-state index in [1.54, 1.807) is 0 Å². The molecule has 1 saturated heterocycles. The largest absolute Gasteiger partial charge is 0.507 e. The molecule has 1 atom stereocenters. The van der Waals surface area contributed by atoms with Gasteiger partial charge < -0.3 is 5.11 Å². The van der Waals surface area contributed by atoms with Crippen LogP contribution in [0.2, 0.25) is 5.02 Å². The summed E-state index contributed by atoms with van der Waals surface area (Å²) in [5.41, 5.74) is 3.99. The molecule has 0 aliphatic carbocycles. The normalized spacial score (nSPS) is 16.8. The van der Waals surface area contributed by atoms with Gasteiger partial charge in [0, 0.05) is 20.8 Å². The molecular formula is C28H21BrClN3O3S2. The number of aryl methyl sites for hydroxylation is 2. The number of rotatable bonds is 6. The SMILES string of the molecule is Cc1ccc(C)c(/C(O)=C2\C(=O)C(=O)N(c3nnc(SCc4ccc(Cl)cc4)s3)C2c2cccc(Br)c2)c1. The minimum atomic E-state index is -0.866. The summed E-state index contributed by atoms with van der Waals surface area (Å²) in [5, 5.41) is 20.9. The van der Waals surface area contributed by atoms with E-state index < -0.39 is 17.7 Å². The summed E-state index contributed by atoms with van der Waals surface area (Å²) in [6.45, 7) is 3.76. The Hall–Kier alpha value is -2.98. The number of benzene rings is 3. The van der Waals surface area contributed by atoms with Crippen molar-refractivity contribution in [3.05, 3.63) is 110 Å². The van der Waals surface area contributed by atoms with Crippen LogP contribution in [-0.2, 0) is 15.3 Å². The average molecular weight is 627 g/mol. The number of hydrogen-bond acceptors (Lipinski definition) is 7. The molecule has 0 spiro atoms. The van der Waals surface area contributed by atoms with Gasteiger partial charge in [-0.2, -0.15) is 0 Å². The molecule has 1 fully saturated rings. The van der Waals surface area contributed by atoms with Crippen molar-refractivity contribution in [3.63, 3.8) is 0 Å². The molecule has 0 bridgehead atoms. The molecular weight excluding hydrogens is 606 g/mol. The number of carbonyl (C=O) groups excluding carboxylic acids is 2. The smallest absolute Gasteiger partial charge is 0.301 e. The van der Waals surface area contributed by atoms with E-state index >= 15 is 0 Å². The van der Waals surface area contributed by atoms with Crippen molar-refractivity contribution in [2.45, 2.75) is 30.0 Å². The van der Waals surface area contributed by atoms with Crippen LogP contribution in [0.5, 0.6) is 0 Å². The minimum Gasteiger partial charge on any atom is -0.507 e. The number of nitrogens with zero attached hydrogens (tertiary/aromatic N) is 3. The van der Waals surface area contributed by atoms with E-state index in [-0.39, 0.29) is 16.5 Å². The highest BCUT2D eigenvalue weighted by molar-refractivity contribution is 9.10.